The Bertz CT molecular complexity index is 777. The van der Waals surface area contributed by atoms with Crippen LogP contribution in [0.5, 0.6) is 11.5 Å². The van der Waals surface area contributed by atoms with Crippen molar-refractivity contribution in [2.75, 3.05) is 27.8 Å². The first-order chi connectivity index (χ1) is 13.0. The zero-order valence-corrected chi connectivity index (χ0v) is 16.2. The van der Waals surface area contributed by atoms with Crippen molar-refractivity contribution in [3.63, 3.8) is 0 Å². The fraction of sp³-hybridized carbons (Fsp3) is 0.333. The molecule has 0 bridgehead atoms. The van der Waals surface area contributed by atoms with Gasteiger partial charge < -0.3 is 19.7 Å². The Morgan fingerprint density at radius 2 is 1.70 bits per heavy atom. The van der Waals surface area contributed by atoms with Gasteiger partial charge in [-0.3, -0.25) is 9.59 Å². The standard InChI is InChI=1S/C21H26N2O4/c1-15(22-20(24)17-8-6-5-7-9-17)21(25)23(2)13-12-16-10-11-18(26-3)19(14-16)27-4/h5-11,14-15H,12-13H2,1-4H3,(H,22,24). The van der Waals surface area contributed by atoms with E-state index in [-0.39, 0.29) is 11.8 Å². The fourth-order valence-electron chi connectivity index (χ4n) is 2.70. The molecule has 0 fully saturated rings. The molecule has 6 nitrogen and oxygen atoms in total. The molecule has 0 heterocycles. The molecule has 0 aliphatic rings. The number of amides is 2. The van der Waals surface area contributed by atoms with Crippen LogP contribution >= 0.6 is 0 Å². The maximum atomic E-state index is 12.5. The predicted octanol–water partition coefficient (Wildman–Crippen LogP) is 2.52. The summed E-state index contributed by atoms with van der Waals surface area (Å²) in [5.41, 5.74) is 1.57. The van der Waals surface area contributed by atoms with E-state index in [1.54, 1.807) is 57.4 Å². The van der Waals surface area contributed by atoms with Gasteiger partial charge in [0.15, 0.2) is 11.5 Å². The molecule has 2 rings (SSSR count). The van der Waals surface area contributed by atoms with Crippen LogP contribution in [0, 0.1) is 0 Å². The third kappa shape index (κ3) is 5.48. The number of hydrogen-bond donors (Lipinski definition) is 1. The third-order valence-corrected chi connectivity index (χ3v) is 4.31. The molecule has 0 aromatic heterocycles. The van der Waals surface area contributed by atoms with Gasteiger partial charge in [-0.25, -0.2) is 0 Å². The highest BCUT2D eigenvalue weighted by Gasteiger charge is 2.20. The molecular weight excluding hydrogens is 344 g/mol. The molecule has 27 heavy (non-hydrogen) atoms. The Balaban J connectivity index is 1.90. The molecule has 1 atom stereocenters. The number of benzene rings is 2. The van der Waals surface area contributed by atoms with E-state index in [0.717, 1.165) is 5.56 Å². The van der Waals surface area contributed by atoms with Gasteiger partial charge in [0.1, 0.15) is 6.04 Å². The van der Waals surface area contributed by atoms with Crippen LogP contribution in [0.1, 0.15) is 22.8 Å². The highest BCUT2D eigenvalue weighted by Crippen LogP contribution is 2.27. The summed E-state index contributed by atoms with van der Waals surface area (Å²) in [4.78, 5) is 26.3. The lowest BCUT2D eigenvalue weighted by molar-refractivity contribution is -0.131. The van der Waals surface area contributed by atoms with Gasteiger partial charge >= 0.3 is 0 Å². The Labute approximate surface area is 160 Å². The van der Waals surface area contributed by atoms with E-state index in [2.05, 4.69) is 5.32 Å². The molecule has 2 amide bonds. The number of nitrogens with zero attached hydrogens (tertiary/aromatic N) is 1. The highest BCUT2D eigenvalue weighted by atomic mass is 16.5. The van der Waals surface area contributed by atoms with Crippen LogP contribution in [0.25, 0.3) is 0 Å². The molecule has 0 aliphatic heterocycles. The first-order valence-corrected chi connectivity index (χ1v) is 8.78. The van der Waals surface area contributed by atoms with Crippen LogP contribution in [0.2, 0.25) is 0 Å². The number of methoxy groups -OCH3 is 2. The topological polar surface area (TPSA) is 67.9 Å². The van der Waals surface area contributed by atoms with Crippen molar-refractivity contribution >= 4 is 11.8 Å². The first kappa shape index (κ1) is 20.3. The minimum absolute atomic E-state index is 0.139. The maximum absolute atomic E-state index is 12.5. The number of hydrogen-bond acceptors (Lipinski definition) is 4. The Hall–Kier alpha value is -3.02. The van der Waals surface area contributed by atoms with Crippen molar-refractivity contribution in [1.29, 1.82) is 0 Å². The van der Waals surface area contributed by atoms with Crippen LogP contribution in [-0.4, -0.2) is 50.6 Å². The van der Waals surface area contributed by atoms with Gasteiger partial charge in [-0.1, -0.05) is 24.3 Å². The Kier molecular flexibility index (Phi) is 7.23. The first-order valence-electron chi connectivity index (χ1n) is 8.78. The van der Waals surface area contributed by atoms with Gasteiger partial charge in [-0.15, -0.1) is 0 Å². The third-order valence-electron chi connectivity index (χ3n) is 4.31. The average Bonchev–Trinajstić information content (AvgIpc) is 2.71. The van der Waals surface area contributed by atoms with Crippen molar-refractivity contribution in [1.82, 2.24) is 10.2 Å². The van der Waals surface area contributed by atoms with Gasteiger partial charge in [-0.2, -0.15) is 0 Å². The summed E-state index contributed by atoms with van der Waals surface area (Å²) in [5, 5.41) is 2.74. The molecular formula is C21H26N2O4. The molecule has 0 saturated heterocycles. The quantitative estimate of drug-likeness (QED) is 0.775. The van der Waals surface area contributed by atoms with Crippen molar-refractivity contribution in [2.45, 2.75) is 19.4 Å². The predicted molar refractivity (Wildman–Crippen MR) is 104 cm³/mol. The summed E-state index contributed by atoms with van der Waals surface area (Å²) in [5.74, 6) is 0.930. The molecule has 144 valence electrons. The molecule has 0 aliphatic carbocycles. The minimum atomic E-state index is -0.604. The Morgan fingerprint density at radius 1 is 1.04 bits per heavy atom. The van der Waals surface area contributed by atoms with Crippen LogP contribution in [0.15, 0.2) is 48.5 Å². The van der Waals surface area contributed by atoms with Gasteiger partial charge in [0, 0.05) is 19.2 Å². The van der Waals surface area contributed by atoms with Crippen LogP contribution < -0.4 is 14.8 Å². The second kappa shape index (κ2) is 9.62. The van der Waals surface area contributed by atoms with Crippen LogP contribution in [0.4, 0.5) is 0 Å². The number of ether oxygens (including phenoxy) is 2. The smallest absolute Gasteiger partial charge is 0.251 e. The molecule has 2 aromatic rings. The van der Waals surface area contributed by atoms with Crippen LogP contribution in [0.3, 0.4) is 0 Å². The monoisotopic (exact) mass is 370 g/mol. The van der Waals surface area contributed by atoms with Crippen molar-refractivity contribution in [2.24, 2.45) is 0 Å². The zero-order chi connectivity index (χ0) is 19.8. The summed E-state index contributed by atoms with van der Waals surface area (Å²) in [6.07, 6.45) is 0.669. The van der Waals surface area contributed by atoms with E-state index in [9.17, 15) is 9.59 Å². The minimum Gasteiger partial charge on any atom is -0.493 e. The fourth-order valence-corrected chi connectivity index (χ4v) is 2.70. The second-order valence-electron chi connectivity index (χ2n) is 6.26. The largest absolute Gasteiger partial charge is 0.493 e. The number of likely N-dealkylation sites (N-methyl/N-ethyl adjacent to an activating group) is 1. The van der Waals surface area contributed by atoms with Gasteiger partial charge in [0.2, 0.25) is 5.91 Å². The van der Waals surface area contributed by atoms with E-state index in [1.807, 2.05) is 24.3 Å². The number of carbonyl (C=O) groups excluding carboxylic acids is 2. The van der Waals surface area contributed by atoms with E-state index < -0.39 is 6.04 Å². The lowest BCUT2D eigenvalue weighted by Crippen LogP contribution is -2.46. The molecule has 1 N–H and O–H groups in total. The van der Waals surface area contributed by atoms with Gasteiger partial charge in [0.05, 0.1) is 14.2 Å². The number of rotatable bonds is 8. The summed E-state index contributed by atoms with van der Waals surface area (Å²) in [7, 11) is 4.91. The zero-order valence-electron chi connectivity index (χ0n) is 16.2. The highest BCUT2D eigenvalue weighted by molar-refractivity contribution is 5.97. The van der Waals surface area contributed by atoms with E-state index in [1.165, 1.54) is 0 Å². The average molecular weight is 370 g/mol. The van der Waals surface area contributed by atoms with Crippen molar-refractivity contribution in [3.05, 3.63) is 59.7 Å². The molecule has 1 unspecified atom stereocenters. The van der Waals surface area contributed by atoms with Gasteiger partial charge in [0.25, 0.3) is 5.91 Å². The lowest BCUT2D eigenvalue weighted by atomic mass is 10.1. The molecule has 2 aromatic carbocycles. The molecule has 0 spiro atoms. The van der Waals surface area contributed by atoms with Crippen LogP contribution in [-0.2, 0) is 11.2 Å². The summed E-state index contributed by atoms with van der Waals surface area (Å²) >= 11 is 0. The SMILES string of the molecule is COc1ccc(CCN(C)C(=O)C(C)NC(=O)c2ccccc2)cc1OC. The van der Waals surface area contributed by atoms with Crippen molar-refractivity contribution < 1.29 is 19.1 Å². The number of carbonyl (C=O) groups is 2. The molecule has 0 saturated carbocycles. The van der Waals surface area contributed by atoms with Gasteiger partial charge in [-0.05, 0) is 43.2 Å². The van der Waals surface area contributed by atoms with Crippen molar-refractivity contribution in [3.8, 4) is 11.5 Å². The Morgan fingerprint density at radius 3 is 2.33 bits per heavy atom. The van der Waals surface area contributed by atoms with E-state index in [4.69, 9.17) is 9.47 Å². The lowest BCUT2D eigenvalue weighted by Gasteiger charge is -2.22. The molecule has 6 heteroatoms. The van der Waals surface area contributed by atoms with E-state index >= 15 is 0 Å². The normalized spacial score (nSPS) is 11.4. The summed E-state index contributed by atoms with van der Waals surface area (Å²) in [6.45, 7) is 2.22. The number of nitrogens with one attached hydrogen (secondary N) is 1. The molecule has 0 radical (unpaired) electrons. The summed E-state index contributed by atoms with van der Waals surface area (Å²) in [6, 6.07) is 13.9. The summed E-state index contributed by atoms with van der Waals surface area (Å²) < 4.78 is 10.5. The maximum Gasteiger partial charge on any atom is 0.251 e. The van der Waals surface area contributed by atoms with E-state index in [0.29, 0.717) is 30.0 Å². The second-order valence-corrected chi connectivity index (χ2v) is 6.26.